The molecule has 0 aliphatic carbocycles. The number of fused-ring (bicyclic) bond motifs is 4. The summed E-state index contributed by atoms with van der Waals surface area (Å²) in [5.74, 6) is 0.929. The molecule has 0 aromatic heterocycles. The quantitative estimate of drug-likeness (QED) is 0.662. The second kappa shape index (κ2) is 4.88. The first-order valence-corrected chi connectivity index (χ1v) is 7.38. The van der Waals surface area contributed by atoms with Gasteiger partial charge in [0.2, 0.25) is 0 Å². The van der Waals surface area contributed by atoms with Crippen LogP contribution in [0.3, 0.4) is 0 Å². The zero-order chi connectivity index (χ0) is 15.2. The Labute approximate surface area is 127 Å². The van der Waals surface area contributed by atoms with Crippen molar-refractivity contribution >= 4 is 12.1 Å². The molecule has 7 nitrogen and oxygen atoms in total. The molecule has 3 aliphatic heterocycles. The first kappa shape index (κ1) is 13.4. The van der Waals surface area contributed by atoms with Gasteiger partial charge in [0, 0.05) is 18.0 Å². The third kappa shape index (κ3) is 1.93. The van der Waals surface area contributed by atoms with E-state index >= 15 is 0 Å². The van der Waals surface area contributed by atoms with Crippen LogP contribution in [0.25, 0.3) is 0 Å². The predicted molar refractivity (Wildman–Crippen MR) is 78.1 cm³/mol. The maximum atomic E-state index is 10.8. The van der Waals surface area contributed by atoms with E-state index in [2.05, 4.69) is 15.6 Å². The van der Waals surface area contributed by atoms with Crippen molar-refractivity contribution in [2.75, 3.05) is 19.7 Å². The maximum Gasteiger partial charge on any atom is 0.412 e. The molecule has 1 aromatic rings. The summed E-state index contributed by atoms with van der Waals surface area (Å²) in [6.45, 7) is 2.00. The monoisotopic (exact) mass is 303 g/mol. The summed E-state index contributed by atoms with van der Waals surface area (Å²) in [4.78, 5) is 15.5. The molecule has 22 heavy (non-hydrogen) atoms. The van der Waals surface area contributed by atoms with E-state index in [1.54, 1.807) is 0 Å². The van der Waals surface area contributed by atoms with Crippen LogP contribution in [0.2, 0.25) is 0 Å². The highest BCUT2D eigenvalue weighted by atomic mass is 16.5. The number of nitrogens with zero attached hydrogens (tertiary/aromatic N) is 1. The number of nitrogens with one attached hydrogen (secondary N) is 2. The number of aliphatic imine (C=N–C) groups is 1. The second-order valence-electron chi connectivity index (χ2n) is 5.81. The molecule has 0 radical (unpaired) electrons. The van der Waals surface area contributed by atoms with Crippen molar-refractivity contribution < 1.29 is 19.4 Å². The van der Waals surface area contributed by atoms with Crippen LogP contribution in [-0.2, 0) is 10.3 Å². The van der Waals surface area contributed by atoms with Crippen molar-refractivity contribution in [3.8, 4) is 5.75 Å². The zero-order valence-corrected chi connectivity index (χ0v) is 11.9. The maximum absolute atomic E-state index is 10.8. The van der Waals surface area contributed by atoms with Gasteiger partial charge in [-0.05, 0) is 19.0 Å². The van der Waals surface area contributed by atoms with Crippen LogP contribution < -0.4 is 15.4 Å². The number of carboxylic acid groups (broad SMARTS) is 1. The van der Waals surface area contributed by atoms with Crippen molar-refractivity contribution in [2.45, 2.75) is 18.1 Å². The largest absolute Gasteiger partial charge is 0.490 e. The molecule has 0 bridgehead atoms. The van der Waals surface area contributed by atoms with Gasteiger partial charge in [-0.25, -0.2) is 15.1 Å². The second-order valence-corrected chi connectivity index (χ2v) is 5.81. The predicted octanol–water partition coefficient (Wildman–Crippen LogP) is 0.906. The van der Waals surface area contributed by atoms with Gasteiger partial charge in [0.05, 0.1) is 0 Å². The van der Waals surface area contributed by atoms with Crippen LogP contribution in [0.4, 0.5) is 4.79 Å². The number of amides is 1. The molecule has 3 N–H and O–H groups in total. The smallest absolute Gasteiger partial charge is 0.412 e. The summed E-state index contributed by atoms with van der Waals surface area (Å²) >= 11 is 0. The molecular weight excluding hydrogens is 286 g/mol. The van der Waals surface area contributed by atoms with Crippen LogP contribution in [0.15, 0.2) is 29.3 Å². The molecule has 2 unspecified atom stereocenters. The molecule has 4 rings (SSSR count). The molecule has 1 saturated heterocycles. The Morgan fingerprint density at radius 3 is 3.18 bits per heavy atom. The Morgan fingerprint density at radius 2 is 2.32 bits per heavy atom. The lowest BCUT2D eigenvalue weighted by molar-refractivity contribution is 0.0160. The molecule has 1 spiro atoms. The number of benzene rings is 1. The summed E-state index contributed by atoms with van der Waals surface area (Å²) in [5, 5.41) is 14.5. The van der Waals surface area contributed by atoms with Gasteiger partial charge in [0.25, 0.3) is 6.02 Å². The van der Waals surface area contributed by atoms with Crippen LogP contribution in [-0.4, -0.2) is 43.0 Å². The van der Waals surface area contributed by atoms with Crippen LogP contribution in [0.5, 0.6) is 5.75 Å². The summed E-state index contributed by atoms with van der Waals surface area (Å²) in [6, 6.07) is 7.86. The SMILES string of the molecule is O=C(O)NC1=N[C@]2(CO1)c1ccccc1OC1CCNCC12. The Kier molecular flexibility index (Phi) is 2.97. The minimum Gasteiger partial charge on any atom is -0.490 e. The number of carbonyl (C=O) groups is 1. The van der Waals surface area contributed by atoms with E-state index in [4.69, 9.17) is 14.6 Å². The van der Waals surface area contributed by atoms with Crippen molar-refractivity contribution in [1.82, 2.24) is 10.6 Å². The fraction of sp³-hybridized carbons (Fsp3) is 0.467. The van der Waals surface area contributed by atoms with E-state index in [-0.39, 0.29) is 18.0 Å². The lowest BCUT2D eigenvalue weighted by Crippen LogP contribution is -2.55. The molecule has 1 amide bonds. The number of rotatable bonds is 0. The third-order valence-corrected chi connectivity index (χ3v) is 4.61. The number of hydrogen-bond acceptors (Lipinski definition) is 5. The zero-order valence-electron chi connectivity index (χ0n) is 11.9. The number of hydrogen-bond donors (Lipinski definition) is 3. The Hall–Kier alpha value is -2.28. The Morgan fingerprint density at radius 1 is 1.45 bits per heavy atom. The summed E-state index contributed by atoms with van der Waals surface area (Å²) in [6.07, 6.45) is -0.208. The molecule has 0 saturated carbocycles. The van der Waals surface area contributed by atoms with Crippen LogP contribution >= 0.6 is 0 Å². The van der Waals surface area contributed by atoms with Gasteiger partial charge in [-0.3, -0.25) is 0 Å². The van der Waals surface area contributed by atoms with E-state index in [0.717, 1.165) is 30.8 Å². The van der Waals surface area contributed by atoms with Gasteiger partial charge < -0.3 is 19.9 Å². The number of piperidine rings is 1. The van der Waals surface area contributed by atoms with E-state index < -0.39 is 11.6 Å². The fourth-order valence-electron chi connectivity index (χ4n) is 3.65. The minimum atomic E-state index is -1.17. The van der Waals surface area contributed by atoms with Crippen LogP contribution in [0.1, 0.15) is 12.0 Å². The van der Waals surface area contributed by atoms with Crippen molar-refractivity contribution in [3.05, 3.63) is 29.8 Å². The standard InChI is InChI=1S/C15H17N3O4/c19-14(20)17-13-18-15(8-21-13)9-3-1-2-4-11(9)22-12-5-6-16-7-10(12)15/h1-4,10,12,16H,5-8H2,(H,17,18)(H,19,20)/t10?,12?,15-/m1/s1. The average Bonchev–Trinajstić information content (AvgIpc) is 2.92. The van der Waals surface area contributed by atoms with Crippen molar-refractivity contribution in [2.24, 2.45) is 10.9 Å². The van der Waals surface area contributed by atoms with Gasteiger partial charge in [0.15, 0.2) is 0 Å². The molecule has 3 aliphatic rings. The Balaban J connectivity index is 1.81. The Bertz CT molecular complexity index is 647. The molecular formula is C15H17N3O4. The van der Waals surface area contributed by atoms with Gasteiger partial charge in [-0.1, -0.05) is 18.2 Å². The van der Waals surface area contributed by atoms with E-state index in [1.165, 1.54) is 0 Å². The molecule has 1 fully saturated rings. The fourth-order valence-corrected chi connectivity index (χ4v) is 3.65. The minimum absolute atomic E-state index is 0.0627. The number of para-hydroxylation sites is 1. The summed E-state index contributed by atoms with van der Waals surface area (Å²) in [7, 11) is 0. The molecule has 7 heteroatoms. The highest BCUT2D eigenvalue weighted by molar-refractivity contribution is 5.90. The van der Waals surface area contributed by atoms with Gasteiger partial charge in [0.1, 0.15) is 24.0 Å². The highest BCUT2D eigenvalue weighted by Crippen LogP contribution is 2.49. The first-order valence-electron chi connectivity index (χ1n) is 7.38. The lowest BCUT2D eigenvalue weighted by atomic mass is 9.72. The van der Waals surface area contributed by atoms with E-state index in [1.807, 2.05) is 24.3 Å². The number of ether oxygens (including phenoxy) is 2. The highest BCUT2D eigenvalue weighted by Gasteiger charge is 2.54. The average molecular weight is 303 g/mol. The topological polar surface area (TPSA) is 92.2 Å². The molecule has 3 atom stereocenters. The van der Waals surface area contributed by atoms with E-state index in [9.17, 15) is 4.79 Å². The molecule has 3 heterocycles. The first-order chi connectivity index (χ1) is 10.7. The number of amidine groups is 1. The van der Waals surface area contributed by atoms with Gasteiger partial charge in [-0.15, -0.1) is 0 Å². The lowest BCUT2D eigenvalue weighted by Gasteiger charge is -2.46. The van der Waals surface area contributed by atoms with Gasteiger partial charge in [-0.2, -0.15) is 0 Å². The third-order valence-electron chi connectivity index (χ3n) is 4.61. The molecule has 1 aromatic carbocycles. The summed E-state index contributed by atoms with van der Waals surface area (Å²) in [5.41, 5.74) is 0.368. The normalized spacial score (nSPS) is 32.3. The van der Waals surface area contributed by atoms with Gasteiger partial charge >= 0.3 is 6.09 Å². The molecule has 116 valence electrons. The van der Waals surface area contributed by atoms with Crippen LogP contribution in [0, 0.1) is 5.92 Å². The van der Waals surface area contributed by atoms with E-state index in [0.29, 0.717) is 6.61 Å². The van der Waals surface area contributed by atoms with Crippen molar-refractivity contribution in [3.63, 3.8) is 0 Å². The van der Waals surface area contributed by atoms with Crippen molar-refractivity contribution in [1.29, 1.82) is 0 Å². The summed E-state index contributed by atoms with van der Waals surface area (Å²) < 4.78 is 11.7.